The molecule has 0 rings (SSSR count). The summed E-state index contributed by atoms with van der Waals surface area (Å²) in [6.45, 7) is 8.40. The third-order valence-electron chi connectivity index (χ3n) is 2.83. The van der Waals surface area contributed by atoms with Gasteiger partial charge in [0.25, 0.3) is 0 Å². The van der Waals surface area contributed by atoms with Crippen molar-refractivity contribution in [2.24, 2.45) is 0 Å². The first-order valence-corrected chi connectivity index (χ1v) is 9.10. The Bertz CT molecular complexity index is 254. The molecule has 0 aromatic carbocycles. The van der Waals surface area contributed by atoms with E-state index in [1.807, 2.05) is 0 Å². The number of hydrogen-bond acceptors (Lipinski definition) is 9. The standard InChI is InChI=1S/C17H36O9/c1-17(19)16-26-15-14-25-13-12-24-11-10-23-9-8-22-7-6-21-5-4-20-3-2-18/h17-19H,2-16H2,1H3. The Balaban J connectivity index is 2.97. The van der Waals surface area contributed by atoms with Crippen LogP contribution in [0, 0.1) is 0 Å². The molecule has 1 unspecified atom stereocenters. The van der Waals surface area contributed by atoms with Crippen LogP contribution in [0.4, 0.5) is 0 Å². The molecular formula is C17H36O9. The average Bonchev–Trinajstić information content (AvgIpc) is 2.62. The third kappa shape index (κ3) is 23.6. The van der Waals surface area contributed by atoms with Crippen molar-refractivity contribution in [3.63, 3.8) is 0 Å². The van der Waals surface area contributed by atoms with E-state index in [9.17, 15) is 0 Å². The second-order valence-electron chi connectivity index (χ2n) is 5.32. The molecule has 0 fully saturated rings. The Labute approximate surface area is 156 Å². The predicted octanol–water partition coefficient (Wildman–Crippen LogP) is -0.524. The van der Waals surface area contributed by atoms with Gasteiger partial charge in [-0.2, -0.15) is 0 Å². The summed E-state index contributed by atoms with van der Waals surface area (Å²) >= 11 is 0. The van der Waals surface area contributed by atoms with E-state index >= 15 is 0 Å². The number of ether oxygens (including phenoxy) is 7. The molecule has 9 nitrogen and oxygen atoms in total. The van der Waals surface area contributed by atoms with Crippen molar-refractivity contribution in [2.45, 2.75) is 13.0 Å². The van der Waals surface area contributed by atoms with E-state index < -0.39 is 6.10 Å². The minimum Gasteiger partial charge on any atom is -0.394 e. The highest BCUT2D eigenvalue weighted by molar-refractivity contribution is 4.41. The van der Waals surface area contributed by atoms with E-state index in [2.05, 4.69) is 0 Å². The van der Waals surface area contributed by atoms with Crippen molar-refractivity contribution in [1.82, 2.24) is 0 Å². The van der Waals surface area contributed by atoms with Gasteiger partial charge in [-0.25, -0.2) is 0 Å². The van der Waals surface area contributed by atoms with Gasteiger partial charge in [0.15, 0.2) is 0 Å². The van der Waals surface area contributed by atoms with Crippen molar-refractivity contribution in [2.75, 3.05) is 99.1 Å². The minimum atomic E-state index is -0.444. The highest BCUT2D eigenvalue weighted by Crippen LogP contribution is 1.86. The van der Waals surface area contributed by atoms with Gasteiger partial charge in [0.05, 0.1) is 105 Å². The fourth-order valence-electron chi connectivity index (χ4n) is 1.64. The number of aliphatic hydroxyl groups excluding tert-OH is 2. The number of aliphatic hydroxyl groups is 2. The fourth-order valence-corrected chi connectivity index (χ4v) is 1.64. The van der Waals surface area contributed by atoms with Gasteiger partial charge in [0.1, 0.15) is 0 Å². The first-order valence-electron chi connectivity index (χ1n) is 9.10. The molecule has 0 aliphatic heterocycles. The molecule has 0 saturated carbocycles. The van der Waals surface area contributed by atoms with E-state index in [0.717, 1.165) is 0 Å². The first-order chi connectivity index (χ1) is 12.8. The van der Waals surface area contributed by atoms with Crippen molar-refractivity contribution >= 4 is 0 Å². The molecule has 0 bridgehead atoms. The van der Waals surface area contributed by atoms with Gasteiger partial charge in [0, 0.05) is 0 Å². The molecule has 2 N–H and O–H groups in total. The largest absolute Gasteiger partial charge is 0.394 e. The molecule has 0 amide bonds. The molecule has 0 aromatic heterocycles. The van der Waals surface area contributed by atoms with E-state index in [-0.39, 0.29) is 6.61 Å². The van der Waals surface area contributed by atoms with Gasteiger partial charge < -0.3 is 43.4 Å². The van der Waals surface area contributed by atoms with Crippen molar-refractivity contribution in [3.8, 4) is 0 Å². The highest BCUT2D eigenvalue weighted by atomic mass is 16.6. The Hall–Kier alpha value is -0.360. The van der Waals surface area contributed by atoms with Crippen LogP contribution in [0.3, 0.4) is 0 Å². The van der Waals surface area contributed by atoms with Crippen LogP contribution in [0.25, 0.3) is 0 Å². The molecule has 0 aromatic rings. The first kappa shape index (κ1) is 25.6. The summed E-state index contributed by atoms with van der Waals surface area (Å²) in [4.78, 5) is 0. The zero-order valence-electron chi connectivity index (χ0n) is 15.9. The molecule has 0 saturated heterocycles. The maximum absolute atomic E-state index is 8.99. The maximum Gasteiger partial charge on any atom is 0.0745 e. The summed E-state index contributed by atoms with van der Waals surface area (Å²) in [5.41, 5.74) is 0. The van der Waals surface area contributed by atoms with E-state index in [1.54, 1.807) is 6.92 Å². The summed E-state index contributed by atoms with van der Waals surface area (Å²) in [5.74, 6) is 0. The molecule has 0 radical (unpaired) electrons. The van der Waals surface area contributed by atoms with Crippen molar-refractivity contribution in [3.05, 3.63) is 0 Å². The zero-order valence-corrected chi connectivity index (χ0v) is 15.9. The zero-order chi connectivity index (χ0) is 19.1. The summed E-state index contributed by atoms with van der Waals surface area (Å²) in [6, 6.07) is 0. The van der Waals surface area contributed by atoms with Crippen LogP contribution < -0.4 is 0 Å². The highest BCUT2D eigenvalue weighted by Gasteiger charge is 1.96. The smallest absolute Gasteiger partial charge is 0.0745 e. The molecular weight excluding hydrogens is 348 g/mol. The van der Waals surface area contributed by atoms with Crippen LogP contribution in [0.2, 0.25) is 0 Å². The lowest BCUT2D eigenvalue weighted by Gasteiger charge is -2.08. The Morgan fingerprint density at radius 1 is 0.500 bits per heavy atom. The molecule has 158 valence electrons. The lowest BCUT2D eigenvalue weighted by atomic mass is 10.4. The van der Waals surface area contributed by atoms with Gasteiger partial charge in [-0.3, -0.25) is 0 Å². The second kappa shape index (κ2) is 22.7. The van der Waals surface area contributed by atoms with Crippen LogP contribution in [0.5, 0.6) is 0 Å². The fraction of sp³-hybridized carbons (Fsp3) is 1.00. The molecule has 9 heteroatoms. The third-order valence-corrected chi connectivity index (χ3v) is 2.83. The Morgan fingerprint density at radius 3 is 1.04 bits per heavy atom. The summed E-state index contributed by atoms with van der Waals surface area (Å²) in [6.07, 6.45) is -0.444. The molecule has 0 spiro atoms. The van der Waals surface area contributed by atoms with E-state index in [0.29, 0.717) is 92.5 Å². The number of rotatable bonds is 22. The SMILES string of the molecule is CC(O)COCCOCCOCCOCCOCCOCCOCCO. The van der Waals surface area contributed by atoms with Gasteiger partial charge in [0.2, 0.25) is 0 Å². The van der Waals surface area contributed by atoms with E-state index in [1.165, 1.54) is 0 Å². The van der Waals surface area contributed by atoms with Gasteiger partial charge in [-0.15, -0.1) is 0 Å². The van der Waals surface area contributed by atoms with Crippen LogP contribution >= 0.6 is 0 Å². The quantitative estimate of drug-likeness (QED) is 0.238. The molecule has 26 heavy (non-hydrogen) atoms. The minimum absolute atomic E-state index is 0.0307. The summed E-state index contributed by atoms with van der Waals surface area (Å²) in [7, 11) is 0. The number of hydrogen-bond donors (Lipinski definition) is 2. The van der Waals surface area contributed by atoms with Crippen LogP contribution in [0.15, 0.2) is 0 Å². The summed E-state index contributed by atoms with van der Waals surface area (Å²) in [5, 5.41) is 17.5. The molecule has 0 aliphatic rings. The van der Waals surface area contributed by atoms with Crippen LogP contribution in [-0.4, -0.2) is 115 Å². The second-order valence-corrected chi connectivity index (χ2v) is 5.32. The molecule has 0 aliphatic carbocycles. The van der Waals surface area contributed by atoms with Crippen molar-refractivity contribution in [1.29, 1.82) is 0 Å². The maximum atomic E-state index is 8.99. The normalized spacial score (nSPS) is 12.6. The van der Waals surface area contributed by atoms with Crippen LogP contribution in [0.1, 0.15) is 6.92 Å². The topological polar surface area (TPSA) is 105 Å². The molecule has 1 atom stereocenters. The van der Waals surface area contributed by atoms with Gasteiger partial charge >= 0.3 is 0 Å². The lowest BCUT2D eigenvalue weighted by Crippen LogP contribution is -2.16. The predicted molar refractivity (Wildman–Crippen MR) is 94.5 cm³/mol. The van der Waals surface area contributed by atoms with E-state index in [4.69, 9.17) is 43.4 Å². The van der Waals surface area contributed by atoms with Gasteiger partial charge in [-0.1, -0.05) is 0 Å². The van der Waals surface area contributed by atoms with Crippen molar-refractivity contribution < 1.29 is 43.4 Å². The monoisotopic (exact) mass is 384 g/mol. The average molecular weight is 384 g/mol. The van der Waals surface area contributed by atoms with Crippen LogP contribution in [-0.2, 0) is 33.2 Å². The lowest BCUT2D eigenvalue weighted by molar-refractivity contribution is -0.0250. The summed E-state index contributed by atoms with van der Waals surface area (Å²) < 4.78 is 36.9. The molecule has 0 heterocycles. The Morgan fingerprint density at radius 2 is 0.769 bits per heavy atom. The Kier molecular flexibility index (Phi) is 22.4. The van der Waals surface area contributed by atoms with Gasteiger partial charge in [-0.05, 0) is 6.92 Å².